The van der Waals surface area contributed by atoms with Gasteiger partial charge in [0.2, 0.25) is 0 Å². The van der Waals surface area contributed by atoms with Crippen molar-refractivity contribution in [3.05, 3.63) is 35.8 Å². The van der Waals surface area contributed by atoms with Crippen molar-refractivity contribution in [3.63, 3.8) is 0 Å². The maximum Gasteiger partial charge on any atom is 0.306 e. The Morgan fingerprint density at radius 1 is 1.53 bits per heavy atom. The second kappa shape index (κ2) is 4.20. The Balaban J connectivity index is 2.47. The Morgan fingerprint density at radius 2 is 2.24 bits per heavy atom. The van der Waals surface area contributed by atoms with Crippen LogP contribution in [0.2, 0.25) is 0 Å². The maximum absolute atomic E-state index is 13.2. The normalized spacial score (nSPS) is 12.9. The van der Waals surface area contributed by atoms with Crippen molar-refractivity contribution >= 4 is 16.9 Å². The van der Waals surface area contributed by atoms with Crippen LogP contribution in [0.1, 0.15) is 12.5 Å². The number of nitrogens with zero attached hydrogens (tertiary/aromatic N) is 1. The molecule has 0 saturated heterocycles. The lowest BCUT2D eigenvalue weighted by Gasteiger charge is -2.04. The summed E-state index contributed by atoms with van der Waals surface area (Å²) < 4.78 is 15.1. The van der Waals surface area contributed by atoms with Gasteiger partial charge >= 0.3 is 5.97 Å². The largest absolute Gasteiger partial charge is 0.481 e. The highest BCUT2D eigenvalue weighted by atomic mass is 19.1. The van der Waals surface area contributed by atoms with E-state index in [1.54, 1.807) is 13.0 Å². The summed E-state index contributed by atoms with van der Waals surface area (Å²) in [4.78, 5) is 10.8. The van der Waals surface area contributed by atoms with Gasteiger partial charge in [0.25, 0.3) is 0 Å². The Labute approximate surface area is 98.5 Å². The quantitative estimate of drug-likeness (QED) is 0.888. The number of fused-ring (bicyclic) bond motifs is 1. The van der Waals surface area contributed by atoms with Gasteiger partial charge in [-0.2, -0.15) is 0 Å². The number of aromatic nitrogens is 1. The summed E-state index contributed by atoms with van der Waals surface area (Å²) in [5.74, 6) is -1.60. The molecule has 1 aromatic carbocycles. The molecule has 2 aromatic rings. The van der Waals surface area contributed by atoms with Crippen LogP contribution in [0.25, 0.3) is 10.9 Å². The lowest BCUT2D eigenvalue weighted by atomic mass is 10.0. The zero-order valence-electron chi connectivity index (χ0n) is 9.77. The summed E-state index contributed by atoms with van der Waals surface area (Å²) in [6.07, 6.45) is 2.28. The number of carboxylic acid groups (broad SMARTS) is 1. The molecule has 0 fully saturated rings. The number of carboxylic acids is 1. The molecule has 0 aliphatic rings. The first-order chi connectivity index (χ1) is 7.99. The lowest BCUT2D eigenvalue weighted by molar-refractivity contribution is -0.141. The number of hydrogen-bond donors (Lipinski definition) is 1. The summed E-state index contributed by atoms with van der Waals surface area (Å²) in [7, 11) is 1.87. The SMILES string of the molecule is CC(Cc1cn(C)c2ccc(F)cc12)C(=O)O. The van der Waals surface area contributed by atoms with Gasteiger partial charge in [-0.05, 0) is 30.2 Å². The second-order valence-electron chi connectivity index (χ2n) is 4.37. The van der Waals surface area contributed by atoms with Crippen molar-refractivity contribution in [1.29, 1.82) is 0 Å². The van der Waals surface area contributed by atoms with Crippen LogP contribution in [0.15, 0.2) is 24.4 Å². The Hall–Kier alpha value is -1.84. The number of hydrogen-bond acceptors (Lipinski definition) is 1. The van der Waals surface area contributed by atoms with E-state index in [1.165, 1.54) is 12.1 Å². The summed E-state index contributed by atoms with van der Waals surface area (Å²) in [5.41, 5.74) is 1.79. The molecule has 90 valence electrons. The van der Waals surface area contributed by atoms with Crippen molar-refractivity contribution in [2.24, 2.45) is 13.0 Å². The van der Waals surface area contributed by atoms with Crippen molar-refractivity contribution in [2.45, 2.75) is 13.3 Å². The predicted molar refractivity (Wildman–Crippen MR) is 63.4 cm³/mol. The molecule has 0 amide bonds. The molecule has 1 N–H and O–H groups in total. The number of aryl methyl sites for hydroxylation is 1. The third-order valence-electron chi connectivity index (χ3n) is 2.98. The average Bonchev–Trinajstić information content (AvgIpc) is 2.55. The van der Waals surface area contributed by atoms with Crippen molar-refractivity contribution in [1.82, 2.24) is 4.57 Å². The van der Waals surface area contributed by atoms with Crippen molar-refractivity contribution in [3.8, 4) is 0 Å². The van der Waals surface area contributed by atoms with Crippen LogP contribution in [-0.4, -0.2) is 15.6 Å². The second-order valence-corrected chi connectivity index (χ2v) is 4.37. The predicted octanol–water partition coefficient (Wildman–Crippen LogP) is 2.58. The van der Waals surface area contributed by atoms with Crippen LogP contribution >= 0.6 is 0 Å². The van der Waals surface area contributed by atoms with E-state index in [0.717, 1.165) is 16.5 Å². The topological polar surface area (TPSA) is 42.2 Å². The molecule has 0 spiro atoms. The van der Waals surface area contributed by atoms with Crippen LogP contribution in [-0.2, 0) is 18.3 Å². The first-order valence-electron chi connectivity index (χ1n) is 5.45. The molecule has 0 bridgehead atoms. The molecular weight excluding hydrogens is 221 g/mol. The minimum Gasteiger partial charge on any atom is -0.481 e. The van der Waals surface area contributed by atoms with Crippen LogP contribution in [0, 0.1) is 11.7 Å². The molecular formula is C13H14FNO2. The fourth-order valence-corrected chi connectivity index (χ4v) is 2.03. The highest BCUT2D eigenvalue weighted by Crippen LogP contribution is 2.24. The zero-order chi connectivity index (χ0) is 12.6. The Morgan fingerprint density at radius 3 is 2.88 bits per heavy atom. The highest BCUT2D eigenvalue weighted by molar-refractivity contribution is 5.84. The third-order valence-corrected chi connectivity index (χ3v) is 2.98. The van der Waals surface area contributed by atoms with E-state index in [0.29, 0.717) is 6.42 Å². The Kier molecular flexibility index (Phi) is 2.88. The van der Waals surface area contributed by atoms with E-state index in [1.807, 2.05) is 17.8 Å². The van der Waals surface area contributed by atoms with Gasteiger partial charge in [0, 0.05) is 24.1 Å². The van der Waals surface area contributed by atoms with E-state index in [-0.39, 0.29) is 5.82 Å². The van der Waals surface area contributed by atoms with Crippen LogP contribution in [0.3, 0.4) is 0 Å². The van der Waals surface area contributed by atoms with E-state index in [2.05, 4.69) is 0 Å². The van der Waals surface area contributed by atoms with E-state index < -0.39 is 11.9 Å². The molecule has 0 saturated carbocycles. The van der Waals surface area contributed by atoms with Gasteiger partial charge in [-0.15, -0.1) is 0 Å². The van der Waals surface area contributed by atoms with Crippen molar-refractivity contribution < 1.29 is 14.3 Å². The monoisotopic (exact) mass is 235 g/mol. The summed E-state index contributed by atoms with van der Waals surface area (Å²) in [5, 5.41) is 9.69. The van der Waals surface area contributed by atoms with Gasteiger partial charge in [0.1, 0.15) is 5.82 Å². The minimum absolute atomic E-state index is 0.298. The molecule has 1 unspecified atom stereocenters. The smallest absolute Gasteiger partial charge is 0.306 e. The standard InChI is InChI=1S/C13H14FNO2/c1-8(13(16)17)5-9-7-15(2)12-4-3-10(14)6-11(9)12/h3-4,6-8H,5H2,1-2H3,(H,16,17). The molecule has 1 aromatic heterocycles. The number of aliphatic carboxylic acids is 1. The van der Waals surface area contributed by atoms with Crippen molar-refractivity contribution in [2.75, 3.05) is 0 Å². The molecule has 4 heteroatoms. The first-order valence-corrected chi connectivity index (χ1v) is 5.45. The number of carbonyl (C=O) groups is 1. The molecule has 0 radical (unpaired) electrons. The van der Waals surface area contributed by atoms with Crippen LogP contribution < -0.4 is 0 Å². The highest BCUT2D eigenvalue weighted by Gasteiger charge is 2.15. The minimum atomic E-state index is -0.835. The summed E-state index contributed by atoms with van der Waals surface area (Å²) >= 11 is 0. The number of halogens is 1. The number of rotatable bonds is 3. The molecule has 0 aliphatic carbocycles. The number of benzene rings is 1. The third kappa shape index (κ3) is 2.16. The lowest BCUT2D eigenvalue weighted by Crippen LogP contribution is -2.11. The molecule has 0 aliphatic heterocycles. The Bertz CT molecular complexity index is 574. The van der Waals surface area contributed by atoms with Crippen LogP contribution in [0.5, 0.6) is 0 Å². The van der Waals surface area contributed by atoms with Crippen LogP contribution in [0.4, 0.5) is 4.39 Å². The molecule has 3 nitrogen and oxygen atoms in total. The summed E-state index contributed by atoms with van der Waals surface area (Å²) in [6.45, 7) is 1.65. The molecule has 2 rings (SSSR count). The van der Waals surface area contributed by atoms with E-state index >= 15 is 0 Å². The van der Waals surface area contributed by atoms with Gasteiger partial charge in [-0.3, -0.25) is 4.79 Å². The van der Waals surface area contributed by atoms with Gasteiger partial charge in [-0.25, -0.2) is 4.39 Å². The fourth-order valence-electron chi connectivity index (χ4n) is 2.03. The fraction of sp³-hybridized carbons (Fsp3) is 0.308. The molecule has 17 heavy (non-hydrogen) atoms. The first kappa shape index (κ1) is 11.6. The summed E-state index contributed by atoms with van der Waals surface area (Å²) in [6, 6.07) is 4.57. The molecule has 1 heterocycles. The zero-order valence-corrected chi connectivity index (χ0v) is 9.77. The van der Waals surface area contributed by atoms with Gasteiger partial charge in [0.15, 0.2) is 0 Å². The van der Waals surface area contributed by atoms with E-state index in [4.69, 9.17) is 5.11 Å². The van der Waals surface area contributed by atoms with Gasteiger partial charge in [-0.1, -0.05) is 6.92 Å². The maximum atomic E-state index is 13.2. The van der Waals surface area contributed by atoms with E-state index in [9.17, 15) is 9.18 Å². The van der Waals surface area contributed by atoms with Gasteiger partial charge in [0.05, 0.1) is 5.92 Å². The molecule has 1 atom stereocenters. The average molecular weight is 235 g/mol. The van der Waals surface area contributed by atoms with Gasteiger partial charge < -0.3 is 9.67 Å².